The van der Waals surface area contributed by atoms with Gasteiger partial charge in [0.05, 0.1) is 6.61 Å². The Labute approximate surface area is 94.2 Å². The minimum absolute atomic E-state index is 0.280. The Bertz CT molecular complexity index is 322. The van der Waals surface area contributed by atoms with Crippen molar-refractivity contribution in [1.29, 1.82) is 0 Å². The van der Waals surface area contributed by atoms with Crippen LogP contribution in [0.25, 0.3) is 0 Å². The van der Waals surface area contributed by atoms with Gasteiger partial charge >= 0.3 is 6.16 Å². The predicted octanol–water partition coefficient (Wildman–Crippen LogP) is 3.53. The number of halogens is 1. The predicted molar refractivity (Wildman–Crippen MR) is 57.9 cm³/mol. The van der Waals surface area contributed by atoms with Gasteiger partial charge in [-0.3, -0.25) is 0 Å². The molecule has 0 saturated carbocycles. The van der Waals surface area contributed by atoms with Crippen LogP contribution in [0, 0.1) is 5.82 Å². The Morgan fingerprint density at radius 3 is 2.56 bits per heavy atom. The summed E-state index contributed by atoms with van der Waals surface area (Å²) in [6.07, 6.45) is 2.16. The molecule has 1 aromatic carbocycles. The van der Waals surface area contributed by atoms with E-state index in [1.165, 1.54) is 24.3 Å². The van der Waals surface area contributed by atoms with Crippen LogP contribution in [0.3, 0.4) is 0 Å². The highest BCUT2D eigenvalue weighted by Crippen LogP contribution is 2.11. The molecule has 0 bridgehead atoms. The van der Waals surface area contributed by atoms with Gasteiger partial charge < -0.3 is 9.47 Å². The summed E-state index contributed by atoms with van der Waals surface area (Å²) < 4.78 is 22.2. The summed E-state index contributed by atoms with van der Waals surface area (Å²) in [7, 11) is 0. The molecule has 0 unspecified atom stereocenters. The standard InChI is InChI=1S/C12H15FO3/c1-2-3-4-9-15-12(14)16-11-7-5-10(13)6-8-11/h5-8H,2-4,9H2,1H3. The summed E-state index contributed by atoms with van der Waals surface area (Å²) in [5, 5.41) is 0. The van der Waals surface area contributed by atoms with E-state index in [0.29, 0.717) is 6.61 Å². The quantitative estimate of drug-likeness (QED) is 0.437. The van der Waals surface area contributed by atoms with Crippen molar-refractivity contribution in [2.45, 2.75) is 26.2 Å². The lowest BCUT2D eigenvalue weighted by molar-refractivity contribution is 0.0974. The first-order chi connectivity index (χ1) is 7.72. The van der Waals surface area contributed by atoms with Gasteiger partial charge in [-0.05, 0) is 30.7 Å². The summed E-state index contributed by atoms with van der Waals surface area (Å²) in [6.45, 7) is 2.42. The third-order valence-electron chi connectivity index (χ3n) is 1.98. The molecule has 0 aliphatic rings. The Hall–Kier alpha value is -1.58. The molecule has 4 heteroatoms. The fraction of sp³-hybridized carbons (Fsp3) is 0.417. The highest BCUT2D eigenvalue weighted by molar-refractivity contribution is 5.63. The van der Waals surface area contributed by atoms with Gasteiger partial charge in [-0.25, -0.2) is 9.18 Å². The molecular weight excluding hydrogens is 211 g/mol. The van der Waals surface area contributed by atoms with Crippen LogP contribution in [0.5, 0.6) is 5.75 Å². The summed E-state index contributed by atoms with van der Waals surface area (Å²) in [5.41, 5.74) is 0. The second-order valence-electron chi connectivity index (χ2n) is 3.36. The molecule has 0 aliphatic heterocycles. The fourth-order valence-electron chi connectivity index (χ4n) is 1.14. The monoisotopic (exact) mass is 226 g/mol. The number of rotatable bonds is 5. The van der Waals surface area contributed by atoms with Crippen LogP contribution >= 0.6 is 0 Å². The average Bonchev–Trinajstić information content (AvgIpc) is 2.28. The highest BCUT2D eigenvalue weighted by Gasteiger charge is 2.05. The number of hydrogen-bond acceptors (Lipinski definition) is 3. The van der Waals surface area contributed by atoms with Crippen molar-refractivity contribution in [2.75, 3.05) is 6.61 Å². The van der Waals surface area contributed by atoms with Crippen LogP contribution < -0.4 is 4.74 Å². The van der Waals surface area contributed by atoms with E-state index in [-0.39, 0.29) is 11.6 Å². The summed E-state index contributed by atoms with van der Waals surface area (Å²) >= 11 is 0. The van der Waals surface area contributed by atoms with Crippen molar-refractivity contribution in [3.63, 3.8) is 0 Å². The van der Waals surface area contributed by atoms with E-state index < -0.39 is 6.16 Å². The molecule has 0 amide bonds. The third kappa shape index (κ3) is 4.77. The van der Waals surface area contributed by atoms with Gasteiger partial charge in [-0.2, -0.15) is 0 Å². The Morgan fingerprint density at radius 1 is 1.25 bits per heavy atom. The molecule has 16 heavy (non-hydrogen) atoms. The minimum Gasteiger partial charge on any atom is -0.434 e. The fourth-order valence-corrected chi connectivity index (χ4v) is 1.14. The normalized spacial score (nSPS) is 9.88. The zero-order valence-electron chi connectivity index (χ0n) is 9.24. The maximum absolute atomic E-state index is 12.5. The van der Waals surface area contributed by atoms with Crippen molar-refractivity contribution in [1.82, 2.24) is 0 Å². The highest BCUT2D eigenvalue weighted by atomic mass is 19.1. The topological polar surface area (TPSA) is 35.5 Å². The van der Waals surface area contributed by atoms with Gasteiger partial charge in [0.2, 0.25) is 0 Å². The second-order valence-corrected chi connectivity index (χ2v) is 3.36. The Balaban J connectivity index is 2.26. The molecule has 1 aromatic rings. The van der Waals surface area contributed by atoms with Crippen molar-refractivity contribution in [3.8, 4) is 5.75 Å². The SMILES string of the molecule is CCCCCOC(=O)Oc1ccc(F)cc1. The van der Waals surface area contributed by atoms with Crippen molar-refractivity contribution < 1.29 is 18.7 Å². The molecule has 0 fully saturated rings. The van der Waals surface area contributed by atoms with Gasteiger partial charge in [0.15, 0.2) is 0 Å². The first-order valence-corrected chi connectivity index (χ1v) is 5.32. The molecule has 0 heterocycles. The number of hydrogen-bond donors (Lipinski definition) is 0. The van der Waals surface area contributed by atoms with Crippen molar-refractivity contribution >= 4 is 6.16 Å². The zero-order valence-corrected chi connectivity index (χ0v) is 9.24. The first kappa shape index (κ1) is 12.5. The number of unbranched alkanes of at least 4 members (excludes halogenated alkanes) is 2. The largest absolute Gasteiger partial charge is 0.513 e. The molecule has 0 aliphatic carbocycles. The second kappa shape index (κ2) is 6.82. The lowest BCUT2D eigenvalue weighted by atomic mass is 10.3. The summed E-state index contributed by atoms with van der Waals surface area (Å²) in [5.74, 6) is -0.0921. The van der Waals surface area contributed by atoms with Crippen LogP contribution in [-0.2, 0) is 4.74 Å². The molecule has 0 radical (unpaired) electrons. The lowest BCUT2D eigenvalue weighted by Gasteiger charge is -2.05. The maximum atomic E-state index is 12.5. The third-order valence-corrected chi connectivity index (χ3v) is 1.98. The molecule has 0 spiro atoms. The summed E-state index contributed by atoms with van der Waals surface area (Å²) in [6, 6.07) is 5.20. The van der Waals surface area contributed by atoms with Crippen LogP contribution in [0.2, 0.25) is 0 Å². The van der Waals surface area contributed by atoms with E-state index in [0.717, 1.165) is 19.3 Å². The number of carbonyl (C=O) groups excluding carboxylic acids is 1. The van der Waals surface area contributed by atoms with E-state index in [1.807, 2.05) is 0 Å². The van der Waals surface area contributed by atoms with Crippen LogP contribution in [-0.4, -0.2) is 12.8 Å². The Kier molecular flexibility index (Phi) is 5.32. The molecule has 0 atom stereocenters. The van der Waals surface area contributed by atoms with Gasteiger partial charge in [0, 0.05) is 0 Å². The lowest BCUT2D eigenvalue weighted by Crippen LogP contribution is -2.11. The van der Waals surface area contributed by atoms with Crippen LogP contribution in [0.4, 0.5) is 9.18 Å². The van der Waals surface area contributed by atoms with Gasteiger partial charge in [-0.15, -0.1) is 0 Å². The van der Waals surface area contributed by atoms with Crippen molar-refractivity contribution in [3.05, 3.63) is 30.1 Å². The number of carbonyl (C=O) groups is 1. The first-order valence-electron chi connectivity index (χ1n) is 5.32. The zero-order chi connectivity index (χ0) is 11.8. The molecular formula is C12H15FO3. The van der Waals surface area contributed by atoms with Gasteiger partial charge in [-0.1, -0.05) is 19.8 Å². The van der Waals surface area contributed by atoms with Gasteiger partial charge in [0.1, 0.15) is 11.6 Å². The minimum atomic E-state index is -0.747. The average molecular weight is 226 g/mol. The smallest absolute Gasteiger partial charge is 0.434 e. The molecule has 0 aromatic heterocycles. The van der Waals surface area contributed by atoms with Crippen LogP contribution in [0.1, 0.15) is 26.2 Å². The molecule has 0 N–H and O–H groups in total. The molecule has 0 saturated heterocycles. The molecule has 88 valence electrons. The van der Waals surface area contributed by atoms with Crippen LogP contribution in [0.15, 0.2) is 24.3 Å². The van der Waals surface area contributed by atoms with E-state index in [4.69, 9.17) is 9.47 Å². The van der Waals surface area contributed by atoms with E-state index >= 15 is 0 Å². The molecule has 1 rings (SSSR count). The summed E-state index contributed by atoms with van der Waals surface area (Å²) in [4.78, 5) is 11.1. The van der Waals surface area contributed by atoms with Gasteiger partial charge in [0.25, 0.3) is 0 Å². The maximum Gasteiger partial charge on any atom is 0.513 e. The van der Waals surface area contributed by atoms with Crippen molar-refractivity contribution in [2.24, 2.45) is 0 Å². The molecule has 3 nitrogen and oxygen atoms in total. The Morgan fingerprint density at radius 2 is 1.94 bits per heavy atom. The van der Waals surface area contributed by atoms with E-state index in [2.05, 4.69) is 6.92 Å². The number of ether oxygens (including phenoxy) is 2. The number of benzene rings is 1. The van der Waals surface area contributed by atoms with E-state index in [9.17, 15) is 9.18 Å². The van der Waals surface area contributed by atoms with E-state index in [1.54, 1.807) is 0 Å².